The Balaban J connectivity index is 1.97. The Bertz CT molecular complexity index is 646. The maximum absolute atomic E-state index is 12.2. The Kier molecular flexibility index (Phi) is 3.41. The second-order valence-electron chi connectivity index (χ2n) is 4.50. The number of ether oxygens (including phenoxy) is 1. The Morgan fingerprint density at radius 3 is 2.89 bits per heavy atom. The van der Waals surface area contributed by atoms with Crippen LogP contribution >= 0.6 is 38.9 Å². The summed E-state index contributed by atoms with van der Waals surface area (Å²) in [5.74, 6) is 0.781. The minimum absolute atomic E-state index is 0.121. The van der Waals surface area contributed by atoms with Crippen molar-refractivity contribution in [2.24, 2.45) is 0 Å². The largest absolute Gasteiger partial charge is 0.484 e. The van der Waals surface area contributed by atoms with E-state index in [0.717, 1.165) is 14.9 Å². The first-order valence-corrected chi connectivity index (χ1v) is 7.78. The van der Waals surface area contributed by atoms with Crippen molar-refractivity contribution in [3.8, 4) is 5.75 Å². The molecule has 1 unspecified atom stereocenters. The van der Waals surface area contributed by atoms with Crippen LogP contribution < -0.4 is 4.74 Å². The molecular formula is C14H10BrClO2S. The maximum Gasteiger partial charge on any atom is 0.170 e. The third-order valence-corrected chi connectivity index (χ3v) is 5.62. The van der Waals surface area contributed by atoms with Crippen molar-refractivity contribution in [2.75, 3.05) is 0 Å². The van der Waals surface area contributed by atoms with Gasteiger partial charge >= 0.3 is 0 Å². The average Bonchev–Trinajstić information content (AvgIpc) is 2.70. The van der Waals surface area contributed by atoms with E-state index in [1.54, 1.807) is 0 Å². The number of carbonyl (C=O) groups excluding carboxylic acids is 1. The van der Waals surface area contributed by atoms with Crippen LogP contribution in [0.1, 0.15) is 33.3 Å². The monoisotopic (exact) mass is 356 g/mol. The number of ketones is 1. The molecule has 1 aromatic carbocycles. The van der Waals surface area contributed by atoms with Crippen LogP contribution in [0, 0.1) is 6.92 Å². The standard InChI is InChI=1S/C14H10BrClO2S/c1-7-2-3-11-8(4-7)10(17)6-12(18-11)13-5-9(15)14(16)19-13/h2-5,12H,6H2,1H3. The van der Waals surface area contributed by atoms with Gasteiger partial charge in [-0.15, -0.1) is 11.3 Å². The summed E-state index contributed by atoms with van der Waals surface area (Å²) >= 11 is 10.9. The van der Waals surface area contributed by atoms with E-state index in [1.165, 1.54) is 11.3 Å². The van der Waals surface area contributed by atoms with Crippen LogP contribution in [0.4, 0.5) is 0 Å². The second kappa shape index (κ2) is 4.93. The lowest BCUT2D eigenvalue weighted by atomic mass is 9.98. The summed E-state index contributed by atoms with van der Waals surface area (Å²) in [5, 5.41) is 0. The van der Waals surface area contributed by atoms with Crippen LogP contribution in [0.15, 0.2) is 28.7 Å². The first-order valence-electron chi connectivity index (χ1n) is 5.80. The molecule has 0 aliphatic carbocycles. The molecule has 0 saturated carbocycles. The highest BCUT2D eigenvalue weighted by molar-refractivity contribution is 9.10. The number of rotatable bonds is 1. The number of carbonyl (C=O) groups is 1. The van der Waals surface area contributed by atoms with Crippen LogP contribution in [-0.2, 0) is 0 Å². The molecule has 2 aromatic rings. The molecule has 1 aromatic heterocycles. The van der Waals surface area contributed by atoms with Gasteiger partial charge < -0.3 is 4.74 Å². The van der Waals surface area contributed by atoms with Crippen LogP contribution in [0.3, 0.4) is 0 Å². The third-order valence-electron chi connectivity index (χ3n) is 3.06. The van der Waals surface area contributed by atoms with E-state index in [1.807, 2.05) is 31.2 Å². The molecule has 19 heavy (non-hydrogen) atoms. The van der Waals surface area contributed by atoms with Gasteiger partial charge in [-0.2, -0.15) is 0 Å². The number of Topliss-reactive ketones (excluding diaryl/α,β-unsaturated/α-hetero) is 1. The summed E-state index contributed by atoms with van der Waals surface area (Å²) in [6, 6.07) is 7.61. The summed E-state index contributed by atoms with van der Waals surface area (Å²) < 4.78 is 7.45. The van der Waals surface area contributed by atoms with Crippen molar-refractivity contribution < 1.29 is 9.53 Å². The molecule has 0 saturated heterocycles. The zero-order chi connectivity index (χ0) is 13.6. The minimum Gasteiger partial charge on any atom is -0.484 e. The highest BCUT2D eigenvalue weighted by atomic mass is 79.9. The van der Waals surface area contributed by atoms with Gasteiger partial charge in [-0.3, -0.25) is 4.79 Å². The van der Waals surface area contributed by atoms with E-state index in [4.69, 9.17) is 16.3 Å². The molecule has 0 fully saturated rings. The van der Waals surface area contributed by atoms with E-state index in [9.17, 15) is 4.79 Å². The summed E-state index contributed by atoms with van der Waals surface area (Å²) in [7, 11) is 0. The normalized spacial score (nSPS) is 18.1. The molecule has 3 rings (SSSR count). The van der Waals surface area contributed by atoms with E-state index < -0.39 is 0 Å². The molecule has 0 N–H and O–H groups in total. The average molecular weight is 358 g/mol. The summed E-state index contributed by atoms with van der Waals surface area (Å²) in [6.45, 7) is 1.97. The van der Waals surface area contributed by atoms with Crippen LogP contribution in [0.2, 0.25) is 4.34 Å². The molecule has 0 spiro atoms. The van der Waals surface area contributed by atoms with E-state index >= 15 is 0 Å². The van der Waals surface area contributed by atoms with Gasteiger partial charge in [0.2, 0.25) is 0 Å². The van der Waals surface area contributed by atoms with Gasteiger partial charge in [0, 0.05) is 9.35 Å². The van der Waals surface area contributed by atoms with Crippen molar-refractivity contribution >= 4 is 44.7 Å². The molecule has 1 aliphatic rings. The van der Waals surface area contributed by atoms with E-state index in [2.05, 4.69) is 15.9 Å². The van der Waals surface area contributed by atoms with Crippen LogP contribution in [0.5, 0.6) is 5.75 Å². The predicted molar refractivity (Wildman–Crippen MR) is 80.5 cm³/mol. The van der Waals surface area contributed by atoms with Crippen LogP contribution in [0.25, 0.3) is 0 Å². The first kappa shape index (κ1) is 13.2. The highest BCUT2D eigenvalue weighted by Gasteiger charge is 2.29. The molecule has 1 aliphatic heterocycles. The molecule has 2 heterocycles. The summed E-state index contributed by atoms with van der Waals surface area (Å²) in [6.07, 6.45) is 0.122. The quantitative estimate of drug-likeness (QED) is 0.703. The second-order valence-corrected chi connectivity index (χ2v) is 7.04. The lowest BCUT2D eigenvalue weighted by molar-refractivity contribution is 0.0854. The fourth-order valence-electron chi connectivity index (χ4n) is 2.12. The Hall–Kier alpha value is -0.840. The molecular weight excluding hydrogens is 348 g/mol. The molecule has 2 nitrogen and oxygen atoms in total. The number of hydrogen-bond donors (Lipinski definition) is 0. The number of aryl methyl sites for hydroxylation is 1. The number of halogens is 2. The lowest BCUT2D eigenvalue weighted by Gasteiger charge is -2.24. The number of fused-ring (bicyclic) bond motifs is 1. The summed E-state index contributed by atoms with van der Waals surface area (Å²) in [5.41, 5.74) is 1.74. The Morgan fingerprint density at radius 1 is 1.42 bits per heavy atom. The number of hydrogen-bond acceptors (Lipinski definition) is 3. The predicted octanol–water partition coefficient (Wildman–Crippen LogP) is 5.18. The van der Waals surface area contributed by atoms with Crippen LogP contribution in [-0.4, -0.2) is 5.78 Å². The van der Waals surface area contributed by atoms with Crippen molar-refractivity contribution in [1.29, 1.82) is 0 Å². The maximum atomic E-state index is 12.2. The fourth-order valence-corrected chi connectivity index (χ4v) is 3.88. The van der Waals surface area contributed by atoms with Gasteiger partial charge in [-0.25, -0.2) is 0 Å². The molecule has 0 bridgehead atoms. The first-order chi connectivity index (χ1) is 9.04. The van der Waals surface area contributed by atoms with Crippen molar-refractivity contribution in [1.82, 2.24) is 0 Å². The number of thiophene rings is 1. The lowest BCUT2D eigenvalue weighted by Crippen LogP contribution is -2.19. The summed E-state index contributed by atoms with van der Waals surface area (Å²) in [4.78, 5) is 13.2. The van der Waals surface area contributed by atoms with Crippen molar-refractivity contribution in [3.05, 3.63) is 49.1 Å². The van der Waals surface area contributed by atoms with E-state index in [0.29, 0.717) is 22.1 Å². The topological polar surface area (TPSA) is 26.3 Å². The fraction of sp³-hybridized carbons (Fsp3) is 0.214. The van der Waals surface area contributed by atoms with Gasteiger partial charge in [0.15, 0.2) is 5.78 Å². The van der Waals surface area contributed by atoms with Crippen molar-refractivity contribution in [3.63, 3.8) is 0 Å². The molecule has 98 valence electrons. The minimum atomic E-state index is -0.239. The molecule has 0 radical (unpaired) electrons. The zero-order valence-electron chi connectivity index (χ0n) is 10.1. The van der Waals surface area contributed by atoms with Crippen molar-refractivity contribution in [2.45, 2.75) is 19.4 Å². The molecule has 5 heteroatoms. The zero-order valence-corrected chi connectivity index (χ0v) is 13.2. The third kappa shape index (κ3) is 2.45. The van der Waals surface area contributed by atoms with Gasteiger partial charge in [0.25, 0.3) is 0 Å². The Labute approximate surface area is 128 Å². The SMILES string of the molecule is Cc1ccc2c(c1)C(=O)CC(c1cc(Br)c(Cl)s1)O2. The van der Waals surface area contributed by atoms with Gasteiger partial charge in [0.05, 0.1) is 12.0 Å². The molecule has 1 atom stereocenters. The number of benzene rings is 1. The van der Waals surface area contributed by atoms with Gasteiger partial charge in [-0.05, 0) is 41.1 Å². The Morgan fingerprint density at radius 2 is 2.21 bits per heavy atom. The van der Waals surface area contributed by atoms with E-state index in [-0.39, 0.29) is 11.9 Å². The highest BCUT2D eigenvalue weighted by Crippen LogP contribution is 2.41. The van der Waals surface area contributed by atoms with Gasteiger partial charge in [-0.1, -0.05) is 23.2 Å². The smallest absolute Gasteiger partial charge is 0.170 e. The molecule has 0 amide bonds. The van der Waals surface area contributed by atoms with Gasteiger partial charge in [0.1, 0.15) is 16.2 Å².